The second-order valence-corrected chi connectivity index (χ2v) is 6.70. The maximum Gasteiger partial charge on any atom is 0.277 e. The lowest BCUT2D eigenvalue weighted by Crippen LogP contribution is -2.34. The first kappa shape index (κ1) is 16.5. The van der Waals surface area contributed by atoms with E-state index < -0.39 is 0 Å². The summed E-state index contributed by atoms with van der Waals surface area (Å²) < 4.78 is 7.09. The molecule has 134 valence electrons. The van der Waals surface area contributed by atoms with Crippen LogP contribution in [-0.2, 0) is 13.0 Å². The van der Waals surface area contributed by atoms with Gasteiger partial charge < -0.3 is 4.52 Å². The molecule has 1 unspecified atom stereocenters. The third-order valence-electron chi connectivity index (χ3n) is 4.68. The molecule has 0 bridgehead atoms. The summed E-state index contributed by atoms with van der Waals surface area (Å²) in [5.74, 6) is 1.17. The number of nitrogens with zero attached hydrogens (tertiary/aromatic N) is 5. The Morgan fingerprint density at radius 1 is 1.31 bits per heavy atom. The van der Waals surface area contributed by atoms with Gasteiger partial charge in [-0.2, -0.15) is 10.1 Å². The maximum atomic E-state index is 13.4. The molecule has 0 fully saturated rings. The summed E-state index contributed by atoms with van der Waals surface area (Å²) in [6.07, 6.45) is 2.32. The SMILES string of the molecule is CCn1nccc1C(=O)N1c2ccccc2CC1c1noc(C(C)C)n1. The normalized spacial score (nSPS) is 16.3. The van der Waals surface area contributed by atoms with Crippen molar-refractivity contribution >= 4 is 11.6 Å². The molecule has 1 aliphatic rings. The maximum absolute atomic E-state index is 13.4. The molecule has 0 saturated heterocycles. The summed E-state index contributed by atoms with van der Waals surface area (Å²) in [5.41, 5.74) is 2.55. The number of anilines is 1. The largest absolute Gasteiger partial charge is 0.339 e. The molecule has 26 heavy (non-hydrogen) atoms. The van der Waals surface area contributed by atoms with Crippen molar-refractivity contribution < 1.29 is 9.32 Å². The van der Waals surface area contributed by atoms with Crippen molar-refractivity contribution in [1.29, 1.82) is 0 Å². The Kier molecular flexibility index (Phi) is 4.06. The van der Waals surface area contributed by atoms with Crippen molar-refractivity contribution in [3.05, 3.63) is 59.5 Å². The highest BCUT2D eigenvalue weighted by Crippen LogP contribution is 2.40. The number of fused-ring (bicyclic) bond motifs is 1. The molecule has 1 aromatic carbocycles. The third-order valence-corrected chi connectivity index (χ3v) is 4.68. The first-order valence-electron chi connectivity index (χ1n) is 8.87. The zero-order valence-electron chi connectivity index (χ0n) is 15.1. The molecule has 7 nitrogen and oxygen atoms in total. The molecular weight excluding hydrogens is 330 g/mol. The van der Waals surface area contributed by atoms with E-state index in [1.54, 1.807) is 21.8 Å². The van der Waals surface area contributed by atoms with Crippen LogP contribution in [0.3, 0.4) is 0 Å². The summed E-state index contributed by atoms with van der Waals surface area (Å²) in [6, 6.07) is 9.39. The summed E-state index contributed by atoms with van der Waals surface area (Å²) in [4.78, 5) is 19.7. The quantitative estimate of drug-likeness (QED) is 0.720. The lowest BCUT2D eigenvalue weighted by molar-refractivity contribution is 0.0968. The van der Waals surface area contributed by atoms with E-state index in [0.717, 1.165) is 11.3 Å². The number of benzene rings is 1. The first-order valence-corrected chi connectivity index (χ1v) is 8.87. The van der Waals surface area contributed by atoms with Gasteiger partial charge in [0.2, 0.25) is 5.89 Å². The van der Waals surface area contributed by atoms with Crippen molar-refractivity contribution in [3.8, 4) is 0 Å². The molecule has 4 rings (SSSR count). The predicted molar refractivity (Wildman–Crippen MR) is 96.0 cm³/mol. The van der Waals surface area contributed by atoms with E-state index in [1.165, 1.54) is 0 Å². The van der Waals surface area contributed by atoms with E-state index in [4.69, 9.17) is 4.52 Å². The molecule has 1 atom stereocenters. The lowest BCUT2D eigenvalue weighted by atomic mass is 10.1. The summed E-state index contributed by atoms with van der Waals surface area (Å²) in [7, 11) is 0. The Hall–Kier alpha value is -2.96. The molecule has 0 spiro atoms. The van der Waals surface area contributed by atoms with Gasteiger partial charge in [-0.3, -0.25) is 14.4 Å². The molecule has 3 aromatic rings. The Morgan fingerprint density at radius 2 is 2.12 bits per heavy atom. The highest BCUT2D eigenvalue weighted by molar-refractivity contribution is 6.06. The average molecular weight is 351 g/mol. The Morgan fingerprint density at radius 3 is 2.85 bits per heavy atom. The molecule has 7 heteroatoms. The number of amides is 1. The van der Waals surface area contributed by atoms with Crippen molar-refractivity contribution in [2.75, 3.05) is 4.90 Å². The van der Waals surface area contributed by atoms with E-state index >= 15 is 0 Å². The van der Waals surface area contributed by atoms with Crippen LogP contribution >= 0.6 is 0 Å². The van der Waals surface area contributed by atoms with Crippen LogP contribution in [0.2, 0.25) is 0 Å². The highest BCUT2D eigenvalue weighted by atomic mass is 16.5. The molecule has 0 radical (unpaired) electrons. The van der Waals surface area contributed by atoms with Crippen molar-refractivity contribution in [2.24, 2.45) is 0 Å². The highest BCUT2D eigenvalue weighted by Gasteiger charge is 2.39. The zero-order valence-corrected chi connectivity index (χ0v) is 15.1. The van der Waals surface area contributed by atoms with E-state index in [0.29, 0.717) is 30.4 Å². The van der Waals surface area contributed by atoms with E-state index in [2.05, 4.69) is 15.2 Å². The van der Waals surface area contributed by atoms with Gasteiger partial charge in [-0.15, -0.1) is 0 Å². The molecule has 2 aromatic heterocycles. The van der Waals surface area contributed by atoms with Gasteiger partial charge in [0, 0.05) is 30.8 Å². The van der Waals surface area contributed by atoms with Gasteiger partial charge in [0.25, 0.3) is 5.91 Å². The van der Waals surface area contributed by atoms with Crippen LogP contribution in [0, 0.1) is 0 Å². The number of carbonyl (C=O) groups excluding carboxylic acids is 1. The average Bonchev–Trinajstić information content (AvgIpc) is 3.37. The number of aromatic nitrogens is 4. The fourth-order valence-electron chi connectivity index (χ4n) is 3.35. The van der Waals surface area contributed by atoms with Gasteiger partial charge >= 0.3 is 0 Å². The van der Waals surface area contributed by atoms with Crippen LogP contribution in [0.4, 0.5) is 5.69 Å². The summed E-state index contributed by atoms with van der Waals surface area (Å²) in [5, 5.41) is 8.38. The van der Waals surface area contributed by atoms with E-state index in [9.17, 15) is 4.79 Å². The standard InChI is InChI=1S/C19H21N5O2/c1-4-23-15(9-10-20-23)19(25)24-14-8-6-5-7-13(14)11-16(24)17-21-18(12(2)3)26-22-17/h5-10,12,16H,4,11H2,1-3H3. The minimum absolute atomic E-state index is 0.102. The minimum Gasteiger partial charge on any atom is -0.339 e. The predicted octanol–water partition coefficient (Wildman–Crippen LogP) is 3.35. The summed E-state index contributed by atoms with van der Waals surface area (Å²) in [6.45, 7) is 6.61. The number of carbonyl (C=O) groups is 1. The van der Waals surface area contributed by atoms with E-state index in [-0.39, 0.29) is 17.9 Å². The molecule has 0 saturated carbocycles. The van der Waals surface area contributed by atoms with Crippen molar-refractivity contribution in [3.63, 3.8) is 0 Å². The minimum atomic E-state index is -0.281. The third kappa shape index (κ3) is 2.60. The van der Waals surface area contributed by atoms with Gasteiger partial charge in [0.1, 0.15) is 11.7 Å². The zero-order chi connectivity index (χ0) is 18.3. The van der Waals surface area contributed by atoms with Crippen LogP contribution in [0.5, 0.6) is 0 Å². The molecule has 0 aliphatic carbocycles. The number of hydrogen-bond donors (Lipinski definition) is 0. The van der Waals surface area contributed by atoms with E-state index in [1.807, 2.05) is 45.0 Å². The fourth-order valence-corrected chi connectivity index (χ4v) is 3.35. The van der Waals surface area contributed by atoms with Crippen LogP contribution in [0.1, 0.15) is 60.5 Å². The molecular formula is C19H21N5O2. The van der Waals surface area contributed by atoms with Crippen LogP contribution in [-0.4, -0.2) is 25.8 Å². The number of para-hydroxylation sites is 1. The first-order chi connectivity index (χ1) is 12.6. The van der Waals surface area contributed by atoms with Crippen molar-refractivity contribution in [2.45, 2.75) is 45.7 Å². The van der Waals surface area contributed by atoms with Crippen molar-refractivity contribution in [1.82, 2.24) is 19.9 Å². The second-order valence-electron chi connectivity index (χ2n) is 6.70. The smallest absolute Gasteiger partial charge is 0.277 e. The van der Waals surface area contributed by atoms with Gasteiger partial charge in [-0.1, -0.05) is 37.2 Å². The molecule has 3 heterocycles. The number of rotatable bonds is 4. The molecule has 1 aliphatic heterocycles. The van der Waals surface area contributed by atoms with Crippen LogP contribution < -0.4 is 4.90 Å². The van der Waals surface area contributed by atoms with Gasteiger partial charge in [0.05, 0.1) is 0 Å². The Bertz CT molecular complexity index is 943. The Labute approximate surface area is 151 Å². The van der Waals surface area contributed by atoms with Gasteiger partial charge in [-0.25, -0.2) is 0 Å². The second kappa shape index (κ2) is 6.40. The number of aryl methyl sites for hydroxylation is 1. The number of hydrogen-bond acceptors (Lipinski definition) is 5. The topological polar surface area (TPSA) is 77.0 Å². The molecule has 0 N–H and O–H groups in total. The van der Waals surface area contributed by atoms with Gasteiger partial charge in [-0.05, 0) is 24.6 Å². The van der Waals surface area contributed by atoms with Crippen LogP contribution in [0.25, 0.3) is 0 Å². The lowest BCUT2D eigenvalue weighted by Gasteiger charge is -2.23. The fraction of sp³-hybridized carbons (Fsp3) is 0.368. The Balaban J connectivity index is 1.77. The molecule has 1 amide bonds. The monoisotopic (exact) mass is 351 g/mol. The summed E-state index contributed by atoms with van der Waals surface area (Å²) >= 11 is 0. The van der Waals surface area contributed by atoms with Crippen LogP contribution in [0.15, 0.2) is 41.1 Å². The van der Waals surface area contributed by atoms with Gasteiger partial charge in [0.15, 0.2) is 5.82 Å².